The van der Waals surface area contributed by atoms with Gasteiger partial charge in [-0.3, -0.25) is 9.89 Å². The summed E-state index contributed by atoms with van der Waals surface area (Å²) in [6.07, 6.45) is -4.69. The van der Waals surface area contributed by atoms with E-state index in [1.54, 1.807) is 13.8 Å². The molecule has 0 atom stereocenters. The summed E-state index contributed by atoms with van der Waals surface area (Å²) in [6, 6.07) is -1.16. The zero-order valence-electron chi connectivity index (χ0n) is 10.7. The lowest BCUT2D eigenvalue weighted by Gasteiger charge is -2.22. The van der Waals surface area contributed by atoms with Crippen LogP contribution >= 0.6 is 0 Å². The number of hydrogen-bond acceptors (Lipinski definition) is 3. The molecule has 7 nitrogen and oxygen atoms in total. The first-order valence-corrected chi connectivity index (χ1v) is 5.46. The summed E-state index contributed by atoms with van der Waals surface area (Å²) in [5.41, 5.74) is 1.07. The summed E-state index contributed by atoms with van der Waals surface area (Å²) >= 11 is 0. The molecule has 0 fully saturated rings. The number of alkyl halides is 3. The van der Waals surface area contributed by atoms with Crippen LogP contribution in [0.15, 0.2) is 0 Å². The van der Waals surface area contributed by atoms with Crippen LogP contribution in [0.25, 0.3) is 0 Å². The second-order valence-corrected chi connectivity index (χ2v) is 4.10. The van der Waals surface area contributed by atoms with Crippen molar-refractivity contribution in [3.63, 3.8) is 0 Å². The van der Waals surface area contributed by atoms with E-state index in [4.69, 9.17) is 5.11 Å². The van der Waals surface area contributed by atoms with Gasteiger partial charge in [0.25, 0.3) is 0 Å². The Morgan fingerprint density at radius 1 is 1.40 bits per heavy atom. The highest BCUT2D eigenvalue weighted by molar-refractivity contribution is 5.92. The van der Waals surface area contributed by atoms with Crippen LogP contribution in [-0.2, 0) is 4.79 Å². The van der Waals surface area contributed by atoms with Gasteiger partial charge in [0.15, 0.2) is 0 Å². The molecule has 0 aliphatic heterocycles. The van der Waals surface area contributed by atoms with Crippen LogP contribution in [0.3, 0.4) is 0 Å². The van der Waals surface area contributed by atoms with Crippen molar-refractivity contribution in [2.24, 2.45) is 0 Å². The molecule has 1 heterocycles. The number of hydrogen-bond donors (Lipinski definition) is 3. The minimum Gasteiger partial charge on any atom is -0.480 e. The van der Waals surface area contributed by atoms with Gasteiger partial charge in [-0.05, 0) is 13.8 Å². The predicted octanol–water partition coefficient (Wildman–Crippen LogP) is 1.51. The number of aryl methyl sites for hydroxylation is 2. The van der Waals surface area contributed by atoms with E-state index in [0.717, 1.165) is 0 Å². The number of aliphatic carboxylic acids is 1. The van der Waals surface area contributed by atoms with Gasteiger partial charge in [0.2, 0.25) is 0 Å². The molecule has 0 unspecified atom stereocenters. The Bertz CT molecular complexity index is 493. The van der Waals surface area contributed by atoms with Crippen LogP contribution in [0.5, 0.6) is 0 Å². The highest BCUT2D eigenvalue weighted by Gasteiger charge is 2.34. The Morgan fingerprint density at radius 3 is 2.40 bits per heavy atom. The molecule has 1 aromatic heterocycles. The number of aromatic amines is 1. The fraction of sp³-hybridized carbons (Fsp3) is 0.500. The largest absolute Gasteiger partial charge is 0.480 e. The minimum atomic E-state index is -4.69. The standard InChI is InChI=1S/C10H13F3N4O3/c1-5-8(6(2)16-15-5)14-9(20)17(3-7(18)19)4-10(11,12)13/h3-4H2,1-2H3,(H,14,20)(H,15,16)(H,18,19). The van der Waals surface area contributed by atoms with Crippen LogP contribution in [0, 0.1) is 13.8 Å². The average Bonchev–Trinajstić information content (AvgIpc) is 2.57. The van der Waals surface area contributed by atoms with E-state index in [0.29, 0.717) is 11.4 Å². The zero-order valence-corrected chi connectivity index (χ0v) is 10.7. The molecule has 0 saturated heterocycles. The second kappa shape index (κ2) is 5.80. The van der Waals surface area contributed by atoms with Crippen molar-refractivity contribution in [2.75, 3.05) is 18.4 Å². The number of urea groups is 1. The SMILES string of the molecule is Cc1n[nH]c(C)c1NC(=O)N(CC(=O)O)CC(F)(F)F. The third kappa shape index (κ3) is 4.44. The van der Waals surface area contributed by atoms with E-state index in [1.165, 1.54) is 0 Å². The number of carbonyl (C=O) groups excluding carboxylic acids is 1. The quantitative estimate of drug-likeness (QED) is 0.783. The monoisotopic (exact) mass is 294 g/mol. The lowest BCUT2D eigenvalue weighted by molar-refractivity contribution is -0.148. The summed E-state index contributed by atoms with van der Waals surface area (Å²) in [7, 11) is 0. The molecule has 20 heavy (non-hydrogen) atoms. The van der Waals surface area contributed by atoms with Crippen LogP contribution in [0.2, 0.25) is 0 Å². The van der Waals surface area contributed by atoms with E-state index >= 15 is 0 Å². The molecule has 0 bridgehead atoms. The van der Waals surface area contributed by atoms with E-state index in [-0.39, 0.29) is 10.6 Å². The Balaban J connectivity index is 2.85. The number of amides is 2. The highest BCUT2D eigenvalue weighted by Crippen LogP contribution is 2.19. The Morgan fingerprint density at radius 2 is 2.00 bits per heavy atom. The first-order chi connectivity index (χ1) is 9.10. The summed E-state index contributed by atoms with van der Waals surface area (Å²) in [4.78, 5) is 22.4. The molecule has 0 spiro atoms. The van der Waals surface area contributed by atoms with Gasteiger partial charge < -0.3 is 15.3 Å². The van der Waals surface area contributed by atoms with Crippen LogP contribution in [-0.4, -0.2) is 51.5 Å². The number of nitrogens with zero attached hydrogens (tertiary/aromatic N) is 2. The number of carboxylic acids is 1. The van der Waals surface area contributed by atoms with Crippen molar-refractivity contribution >= 4 is 17.7 Å². The van der Waals surface area contributed by atoms with Crippen molar-refractivity contribution < 1.29 is 27.9 Å². The Labute approximate surface area is 111 Å². The fourth-order valence-electron chi connectivity index (χ4n) is 1.50. The number of halogens is 3. The van der Waals surface area contributed by atoms with Crippen LogP contribution < -0.4 is 5.32 Å². The van der Waals surface area contributed by atoms with Crippen molar-refractivity contribution in [2.45, 2.75) is 20.0 Å². The smallest absolute Gasteiger partial charge is 0.406 e. The van der Waals surface area contributed by atoms with Gasteiger partial charge in [-0.2, -0.15) is 18.3 Å². The Kier molecular flexibility index (Phi) is 4.58. The summed E-state index contributed by atoms with van der Waals surface area (Å²) in [5, 5.41) is 17.1. The van der Waals surface area contributed by atoms with Gasteiger partial charge in [-0.15, -0.1) is 0 Å². The van der Waals surface area contributed by atoms with Gasteiger partial charge in [0, 0.05) is 0 Å². The summed E-state index contributed by atoms with van der Waals surface area (Å²) < 4.78 is 37.0. The van der Waals surface area contributed by atoms with Crippen molar-refractivity contribution in [3.8, 4) is 0 Å². The van der Waals surface area contributed by atoms with Gasteiger partial charge in [-0.1, -0.05) is 0 Å². The normalized spacial score (nSPS) is 11.2. The third-order valence-corrected chi connectivity index (χ3v) is 2.34. The molecule has 2 amide bonds. The van der Waals surface area contributed by atoms with Crippen LogP contribution in [0.4, 0.5) is 23.7 Å². The molecule has 112 valence electrons. The average molecular weight is 294 g/mol. The molecule has 0 aromatic carbocycles. The van der Waals surface area contributed by atoms with Gasteiger partial charge in [0.05, 0.1) is 17.1 Å². The van der Waals surface area contributed by atoms with Gasteiger partial charge >= 0.3 is 18.2 Å². The number of carbonyl (C=O) groups is 2. The maximum absolute atomic E-state index is 12.3. The van der Waals surface area contributed by atoms with Crippen molar-refractivity contribution in [3.05, 3.63) is 11.4 Å². The third-order valence-electron chi connectivity index (χ3n) is 2.34. The van der Waals surface area contributed by atoms with Gasteiger partial charge in [-0.25, -0.2) is 4.79 Å². The number of carboxylic acid groups (broad SMARTS) is 1. The van der Waals surface area contributed by atoms with E-state index in [9.17, 15) is 22.8 Å². The lowest BCUT2D eigenvalue weighted by Crippen LogP contribution is -2.44. The maximum Gasteiger partial charge on any atom is 0.406 e. The summed E-state index contributed by atoms with van der Waals surface area (Å²) in [6.45, 7) is 0.410. The Hall–Kier alpha value is -2.26. The first kappa shape index (κ1) is 15.8. The fourth-order valence-corrected chi connectivity index (χ4v) is 1.50. The molecular weight excluding hydrogens is 281 g/mol. The topological polar surface area (TPSA) is 98.3 Å². The number of rotatable bonds is 4. The molecule has 1 aromatic rings. The van der Waals surface area contributed by atoms with Crippen LogP contribution in [0.1, 0.15) is 11.4 Å². The van der Waals surface area contributed by atoms with Gasteiger partial charge in [0.1, 0.15) is 13.1 Å². The number of nitrogens with one attached hydrogen (secondary N) is 2. The van der Waals surface area contributed by atoms with Crippen molar-refractivity contribution in [1.29, 1.82) is 0 Å². The molecule has 0 aliphatic rings. The molecule has 0 aliphatic carbocycles. The maximum atomic E-state index is 12.3. The highest BCUT2D eigenvalue weighted by atomic mass is 19.4. The second-order valence-electron chi connectivity index (χ2n) is 4.10. The van der Waals surface area contributed by atoms with Crippen molar-refractivity contribution in [1.82, 2.24) is 15.1 Å². The molecular formula is C10H13F3N4O3. The van der Waals surface area contributed by atoms with E-state index in [1.807, 2.05) is 0 Å². The predicted molar refractivity (Wildman–Crippen MR) is 62.3 cm³/mol. The van der Waals surface area contributed by atoms with E-state index < -0.39 is 31.3 Å². The number of H-pyrrole nitrogens is 1. The molecule has 0 saturated carbocycles. The number of aromatic nitrogens is 2. The zero-order chi connectivity index (χ0) is 15.5. The molecule has 3 N–H and O–H groups in total. The lowest BCUT2D eigenvalue weighted by atomic mass is 10.3. The van der Waals surface area contributed by atoms with E-state index in [2.05, 4.69) is 15.5 Å². The molecule has 1 rings (SSSR count). The molecule has 0 radical (unpaired) electrons. The first-order valence-electron chi connectivity index (χ1n) is 5.46. The summed E-state index contributed by atoms with van der Waals surface area (Å²) in [5.74, 6) is -1.54. The molecule has 10 heteroatoms. The number of anilines is 1. The minimum absolute atomic E-state index is 0.161.